The Kier molecular flexibility index (Phi) is 4.41. The number of hydrogen-bond acceptors (Lipinski definition) is 3. The smallest absolute Gasteiger partial charge is 0.137 e. The van der Waals surface area contributed by atoms with Gasteiger partial charge in [0.2, 0.25) is 0 Å². The second-order valence-corrected chi connectivity index (χ2v) is 6.80. The Labute approximate surface area is 118 Å². The van der Waals surface area contributed by atoms with Crippen LogP contribution in [-0.4, -0.2) is 31.6 Å². The van der Waals surface area contributed by atoms with E-state index in [1.165, 1.54) is 12.8 Å². The third kappa shape index (κ3) is 3.50. The molecule has 0 amide bonds. The predicted octanol–water partition coefficient (Wildman–Crippen LogP) is 2.86. The number of piperidine rings is 1. The van der Waals surface area contributed by atoms with Crippen molar-refractivity contribution in [2.75, 3.05) is 26.3 Å². The number of halogens is 1. The molecular weight excluding hydrogens is 261 g/mol. The molecule has 2 nitrogen and oxygen atoms in total. The lowest BCUT2D eigenvalue weighted by Crippen LogP contribution is -2.31. The van der Waals surface area contributed by atoms with E-state index in [9.17, 15) is 4.39 Å². The van der Waals surface area contributed by atoms with Gasteiger partial charge >= 0.3 is 0 Å². The van der Waals surface area contributed by atoms with Crippen LogP contribution in [-0.2, 0) is 11.2 Å². The van der Waals surface area contributed by atoms with Crippen molar-refractivity contribution in [3.63, 3.8) is 0 Å². The molecule has 2 heterocycles. The first kappa shape index (κ1) is 13.4. The maximum Gasteiger partial charge on any atom is 0.137 e. The standard InChI is InChI=1S/C15H20FNOS/c16-14-7-11(6-12-2-1-5-17-8-12)3-4-15(14)19-13-9-18-10-13/h3-4,7,12-13,17H,1-2,5-6,8-10H2. The normalized spacial score (nSPS) is 24.2. The Hall–Kier alpha value is -0.580. The van der Waals surface area contributed by atoms with Gasteiger partial charge in [0.25, 0.3) is 0 Å². The molecular formula is C15H20FNOS. The first-order chi connectivity index (χ1) is 9.31. The van der Waals surface area contributed by atoms with E-state index < -0.39 is 0 Å². The van der Waals surface area contributed by atoms with Crippen LogP contribution in [0.1, 0.15) is 18.4 Å². The highest BCUT2D eigenvalue weighted by atomic mass is 32.2. The SMILES string of the molecule is Fc1cc(CC2CCCNC2)ccc1SC1COC1. The molecule has 0 spiro atoms. The molecule has 0 bridgehead atoms. The van der Waals surface area contributed by atoms with Crippen molar-refractivity contribution in [1.29, 1.82) is 0 Å². The number of nitrogens with one attached hydrogen (secondary N) is 1. The number of benzene rings is 1. The topological polar surface area (TPSA) is 21.3 Å². The van der Waals surface area contributed by atoms with Gasteiger partial charge in [0.15, 0.2) is 0 Å². The summed E-state index contributed by atoms with van der Waals surface area (Å²) in [6.07, 6.45) is 3.48. The average Bonchev–Trinajstić information content (AvgIpc) is 2.37. The number of hydrogen-bond donors (Lipinski definition) is 1. The van der Waals surface area contributed by atoms with Gasteiger partial charge in [-0.05, 0) is 56.0 Å². The van der Waals surface area contributed by atoms with Crippen LogP contribution in [0.5, 0.6) is 0 Å². The Morgan fingerprint density at radius 1 is 1.37 bits per heavy atom. The second-order valence-electron chi connectivity index (χ2n) is 5.46. The van der Waals surface area contributed by atoms with Gasteiger partial charge in [0, 0.05) is 4.90 Å². The quantitative estimate of drug-likeness (QED) is 0.917. The minimum atomic E-state index is -0.0711. The Morgan fingerprint density at radius 2 is 2.26 bits per heavy atom. The van der Waals surface area contributed by atoms with Gasteiger partial charge < -0.3 is 10.1 Å². The van der Waals surface area contributed by atoms with Crippen molar-refractivity contribution in [3.8, 4) is 0 Å². The molecule has 0 radical (unpaired) electrons. The van der Waals surface area contributed by atoms with E-state index in [0.29, 0.717) is 11.2 Å². The number of thioether (sulfide) groups is 1. The molecule has 1 aromatic carbocycles. The maximum absolute atomic E-state index is 14.0. The highest BCUT2D eigenvalue weighted by molar-refractivity contribution is 8.00. The number of rotatable bonds is 4. The van der Waals surface area contributed by atoms with E-state index in [-0.39, 0.29) is 5.82 Å². The molecule has 104 valence electrons. The Morgan fingerprint density at radius 3 is 2.89 bits per heavy atom. The summed E-state index contributed by atoms with van der Waals surface area (Å²) in [7, 11) is 0. The molecule has 2 saturated heterocycles. The van der Waals surface area contributed by atoms with Crippen molar-refractivity contribution >= 4 is 11.8 Å². The summed E-state index contributed by atoms with van der Waals surface area (Å²) in [5, 5.41) is 3.84. The van der Waals surface area contributed by atoms with Gasteiger partial charge in [0.05, 0.1) is 18.5 Å². The summed E-state index contributed by atoms with van der Waals surface area (Å²) in [6, 6.07) is 5.74. The first-order valence-corrected chi connectivity index (χ1v) is 7.93. The Balaban J connectivity index is 1.61. The molecule has 2 fully saturated rings. The van der Waals surface area contributed by atoms with Crippen LogP contribution in [0.2, 0.25) is 0 Å². The highest BCUT2D eigenvalue weighted by Crippen LogP contribution is 2.31. The largest absolute Gasteiger partial charge is 0.379 e. The number of ether oxygens (including phenoxy) is 1. The summed E-state index contributed by atoms with van der Waals surface area (Å²) in [5.74, 6) is 0.588. The van der Waals surface area contributed by atoms with Crippen molar-refractivity contribution < 1.29 is 9.13 Å². The van der Waals surface area contributed by atoms with Crippen molar-refractivity contribution in [3.05, 3.63) is 29.6 Å². The molecule has 1 atom stereocenters. The van der Waals surface area contributed by atoms with E-state index in [2.05, 4.69) is 11.4 Å². The molecule has 1 unspecified atom stereocenters. The lowest BCUT2D eigenvalue weighted by Gasteiger charge is -2.25. The van der Waals surface area contributed by atoms with Crippen LogP contribution < -0.4 is 5.32 Å². The fraction of sp³-hybridized carbons (Fsp3) is 0.600. The molecule has 0 aliphatic carbocycles. The molecule has 1 N–H and O–H groups in total. The zero-order valence-electron chi connectivity index (χ0n) is 11.0. The van der Waals surface area contributed by atoms with Crippen LogP contribution >= 0.6 is 11.8 Å². The fourth-order valence-corrected chi connectivity index (χ4v) is 3.67. The first-order valence-electron chi connectivity index (χ1n) is 7.05. The summed E-state index contributed by atoms with van der Waals surface area (Å²) < 4.78 is 19.2. The molecule has 4 heteroatoms. The third-order valence-electron chi connectivity index (χ3n) is 3.82. The molecule has 0 aromatic heterocycles. The minimum Gasteiger partial charge on any atom is -0.379 e. The molecule has 3 rings (SSSR count). The Bertz CT molecular complexity index is 430. The van der Waals surface area contributed by atoms with Crippen molar-refractivity contribution in [2.24, 2.45) is 5.92 Å². The van der Waals surface area contributed by atoms with Gasteiger partial charge in [-0.1, -0.05) is 6.07 Å². The monoisotopic (exact) mass is 281 g/mol. The van der Waals surface area contributed by atoms with Gasteiger partial charge in [-0.25, -0.2) is 4.39 Å². The van der Waals surface area contributed by atoms with Crippen LogP contribution in [0.3, 0.4) is 0 Å². The summed E-state index contributed by atoms with van der Waals surface area (Å²) in [5.41, 5.74) is 1.13. The maximum atomic E-state index is 14.0. The molecule has 2 aliphatic heterocycles. The van der Waals surface area contributed by atoms with Crippen LogP contribution in [0.15, 0.2) is 23.1 Å². The van der Waals surface area contributed by atoms with E-state index >= 15 is 0 Å². The zero-order valence-corrected chi connectivity index (χ0v) is 11.8. The van der Waals surface area contributed by atoms with Crippen LogP contribution in [0, 0.1) is 11.7 Å². The summed E-state index contributed by atoms with van der Waals surface area (Å²) in [6.45, 7) is 3.70. The summed E-state index contributed by atoms with van der Waals surface area (Å²) >= 11 is 1.60. The van der Waals surface area contributed by atoms with E-state index in [0.717, 1.165) is 43.2 Å². The minimum absolute atomic E-state index is 0.0711. The fourth-order valence-electron chi connectivity index (χ4n) is 2.66. The molecule has 19 heavy (non-hydrogen) atoms. The highest BCUT2D eigenvalue weighted by Gasteiger charge is 2.21. The van der Waals surface area contributed by atoms with Crippen molar-refractivity contribution in [2.45, 2.75) is 29.4 Å². The molecule has 1 aromatic rings. The molecule has 0 saturated carbocycles. The van der Waals surface area contributed by atoms with Crippen LogP contribution in [0.4, 0.5) is 4.39 Å². The zero-order chi connectivity index (χ0) is 13.1. The van der Waals surface area contributed by atoms with Gasteiger partial charge in [-0.15, -0.1) is 11.8 Å². The van der Waals surface area contributed by atoms with Gasteiger partial charge in [0.1, 0.15) is 5.82 Å². The third-order valence-corrected chi connectivity index (χ3v) is 5.01. The van der Waals surface area contributed by atoms with Crippen LogP contribution in [0.25, 0.3) is 0 Å². The summed E-state index contributed by atoms with van der Waals surface area (Å²) in [4.78, 5) is 0.763. The van der Waals surface area contributed by atoms with Crippen molar-refractivity contribution in [1.82, 2.24) is 5.32 Å². The predicted molar refractivity (Wildman–Crippen MR) is 76.2 cm³/mol. The van der Waals surface area contributed by atoms with Gasteiger partial charge in [-0.2, -0.15) is 0 Å². The second kappa shape index (κ2) is 6.25. The van der Waals surface area contributed by atoms with Gasteiger partial charge in [-0.3, -0.25) is 0 Å². The lowest BCUT2D eigenvalue weighted by molar-refractivity contribution is 0.0455. The van der Waals surface area contributed by atoms with E-state index in [4.69, 9.17) is 4.74 Å². The van der Waals surface area contributed by atoms with E-state index in [1.54, 1.807) is 17.8 Å². The average molecular weight is 281 g/mol. The van der Waals surface area contributed by atoms with E-state index in [1.807, 2.05) is 6.07 Å². The molecule has 2 aliphatic rings. The lowest BCUT2D eigenvalue weighted by atomic mass is 9.92.